The second-order valence-corrected chi connectivity index (χ2v) is 2.89. The molecule has 0 radical (unpaired) electrons. The van der Waals surface area contributed by atoms with E-state index in [2.05, 4.69) is 17.9 Å². The SMILES string of the molecule is CCCCN1C=CC=CC1C#N. The van der Waals surface area contributed by atoms with Crippen LogP contribution in [0.5, 0.6) is 0 Å². The topological polar surface area (TPSA) is 27.0 Å². The van der Waals surface area contributed by atoms with Crippen LogP contribution in [0.1, 0.15) is 19.8 Å². The fourth-order valence-electron chi connectivity index (χ4n) is 1.20. The van der Waals surface area contributed by atoms with Crippen molar-refractivity contribution >= 4 is 0 Å². The van der Waals surface area contributed by atoms with Gasteiger partial charge in [0.05, 0.1) is 6.07 Å². The molecule has 1 rings (SSSR count). The minimum absolute atomic E-state index is 0.0541. The molecule has 0 aromatic rings. The van der Waals surface area contributed by atoms with E-state index in [-0.39, 0.29) is 6.04 Å². The Morgan fingerprint density at radius 1 is 1.50 bits per heavy atom. The summed E-state index contributed by atoms with van der Waals surface area (Å²) in [7, 11) is 0. The van der Waals surface area contributed by atoms with Crippen LogP contribution >= 0.6 is 0 Å². The minimum atomic E-state index is -0.0541. The van der Waals surface area contributed by atoms with Gasteiger partial charge < -0.3 is 4.90 Å². The van der Waals surface area contributed by atoms with Crippen molar-refractivity contribution in [3.63, 3.8) is 0 Å². The van der Waals surface area contributed by atoms with Crippen molar-refractivity contribution in [3.05, 3.63) is 24.4 Å². The van der Waals surface area contributed by atoms with Gasteiger partial charge >= 0.3 is 0 Å². The maximum absolute atomic E-state index is 8.78. The molecule has 2 heteroatoms. The van der Waals surface area contributed by atoms with E-state index < -0.39 is 0 Å². The maximum atomic E-state index is 8.78. The fraction of sp³-hybridized carbons (Fsp3) is 0.500. The predicted molar refractivity (Wildman–Crippen MR) is 49.3 cm³/mol. The summed E-state index contributed by atoms with van der Waals surface area (Å²) in [4.78, 5) is 2.07. The van der Waals surface area contributed by atoms with Gasteiger partial charge in [0.25, 0.3) is 0 Å². The zero-order chi connectivity index (χ0) is 8.81. The molecule has 2 nitrogen and oxygen atoms in total. The van der Waals surface area contributed by atoms with Crippen molar-refractivity contribution in [2.75, 3.05) is 6.54 Å². The Kier molecular flexibility index (Phi) is 3.40. The van der Waals surface area contributed by atoms with E-state index in [9.17, 15) is 0 Å². The molecule has 1 aliphatic heterocycles. The highest BCUT2D eigenvalue weighted by molar-refractivity contribution is 5.19. The molecule has 0 aliphatic carbocycles. The van der Waals surface area contributed by atoms with Crippen LogP contribution in [0.3, 0.4) is 0 Å². The van der Waals surface area contributed by atoms with Crippen molar-refractivity contribution in [2.24, 2.45) is 0 Å². The first-order chi connectivity index (χ1) is 5.88. The summed E-state index contributed by atoms with van der Waals surface area (Å²) in [6.07, 6.45) is 10.1. The molecule has 1 unspecified atom stereocenters. The predicted octanol–water partition coefficient (Wildman–Crippen LogP) is 2.06. The van der Waals surface area contributed by atoms with Crippen LogP contribution in [0.4, 0.5) is 0 Å². The van der Waals surface area contributed by atoms with Gasteiger partial charge in [-0.05, 0) is 18.6 Å². The molecule has 0 fully saturated rings. The maximum Gasteiger partial charge on any atom is 0.135 e. The number of unbranched alkanes of at least 4 members (excludes halogenated alkanes) is 1. The molecule has 0 aromatic carbocycles. The molecule has 1 atom stereocenters. The van der Waals surface area contributed by atoms with Gasteiger partial charge in [0.1, 0.15) is 6.04 Å². The van der Waals surface area contributed by atoms with E-state index in [4.69, 9.17) is 5.26 Å². The third-order valence-corrected chi connectivity index (χ3v) is 1.94. The van der Waals surface area contributed by atoms with Crippen LogP contribution in [-0.2, 0) is 0 Å². The summed E-state index contributed by atoms with van der Waals surface area (Å²) < 4.78 is 0. The normalized spacial score (nSPS) is 21.0. The van der Waals surface area contributed by atoms with Gasteiger partial charge in [0.15, 0.2) is 0 Å². The van der Waals surface area contributed by atoms with Crippen molar-refractivity contribution in [3.8, 4) is 6.07 Å². The average molecular weight is 162 g/mol. The number of nitriles is 1. The molecule has 0 saturated carbocycles. The Morgan fingerprint density at radius 2 is 2.33 bits per heavy atom. The Balaban J connectivity index is 2.46. The Labute approximate surface area is 73.8 Å². The fourth-order valence-corrected chi connectivity index (χ4v) is 1.20. The summed E-state index contributed by atoms with van der Waals surface area (Å²) in [6.45, 7) is 3.14. The lowest BCUT2D eigenvalue weighted by Gasteiger charge is -2.24. The summed E-state index contributed by atoms with van der Waals surface area (Å²) in [5.41, 5.74) is 0. The highest BCUT2D eigenvalue weighted by Gasteiger charge is 2.11. The van der Waals surface area contributed by atoms with Crippen LogP contribution in [0.15, 0.2) is 24.4 Å². The monoisotopic (exact) mass is 162 g/mol. The molecule has 0 saturated heterocycles. The van der Waals surface area contributed by atoms with E-state index in [0.717, 1.165) is 13.0 Å². The third-order valence-electron chi connectivity index (χ3n) is 1.94. The average Bonchev–Trinajstić information content (AvgIpc) is 2.15. The van der Waals surface area contributed by atoms with Crippen molar-refractivity contribution in [1.29, 1.82) is 5.26 Å². The first-order valence-electron chi connectivity index (χ1n) is 4.39. The lowest BCUT2D eigenvalue weighted by atomic mass is 10.2. The lowest BCUT2D eigenvalue weighted by Crippen LogP contribution is -2.29. The van der Waals surface area contributed by atoms with E-state index >= 15 is 0 Å². The van der Waals surface area contributed by atoms with Gasteiger partial charge in [-0.3, -0.25) is 0 Å². The summed E-state index contributed by atoms with van der Waals surface area (Å²) in [6, 6.07) is 2.20. The van der Waals surface area contributed by atoms with E-state index in [0.29, 0.717) is 0 Å². The molecule has 0 aromatic heterocycles. The highest BCUT2D eigenvalue weighted by Crippen LogP contribution is 2.08. The largest absolute Gasteiger partial charge is 0.359 e. The number of allylic oxidation sites excluding steroid dienone is 2. The first kappa shape index (κ1) is 8.86. The third kappa shape index (κ3) is 2.13. The van der Waals surface area contributed by atoms with Crippen LogP contribution in [0.25, 0.3) is 0 Å². The van der Waals surface area contributed by atoms with E-state index in [1.165, 1.54) is 6.42 Å². The number of hydrogen-bond donors (Lipinski definition) is 0. The van der Waals surface area contributed by atoms with E-state index in [1.54, 1.807) is 0 Å². The van der Waals surface area contributed by atoms with Crippen molar-refractivity contribution in [2.45, 2.75) is 25.8 Å². The molecule has 64 valence electrons. The van der Waals surface area contributed by atoms with Gasteiger partial charge in [-0.2, -0.15) is 5.26 Å². The van der Waals surface area contributed by atoms with Crippen LogP contribution in [0, 0.1) is 11.3 Å². The van der Waals surface area contributed by atoms with Crippen LogP contribution in [0.2, 0.25) is 0 Å². The van der Waals surface area contributed by atoms with Crippen LogP contribution < -0.4 is 0 Å². The second kappa shape index (κ2) is 4.61. The summed E-state index contributed by atoms with van der Waals surface area (Å²) in [5.74, 6) is 0. The Bertz CT molecular complexity index is 222. The first-order valence-corrected chi connectivity index (χ1v) is 4.39. The molecule has 1 aliphatic rings. The van der Waals surface area contributed by atoms with Gasteiger partial charge in [0, 0.05) is 12.7 Å². The standard InChI is InChI=1S/C10H14N2/c1-2-3-7-12-8-5-4-6-10(12)9-11/h4-6,8,10H,2-3,7H2,1H3. The van der Waals surface area contributed by atoms with Gasteiger partial charge in [-0.25, -0.2) is 0 Å². The molecular weight excluding hydrogens is 148 g/mol. The molecule has 0 bridgehead atoms. The molecule has 0 N–H and O–H groups in total. The zero-order valence-corrected chi connectivity index (χ0v) is 7.40. The molecule has 1 heterocycles. The Hall–Kier alpha value is -1.23. The zero-order valence-electron chi connectivity index (χ0n) is 7.40. The molecule has 0 amide bonds. The minimum Gasteiger partial charge on any atom is -0.359 e. The molecular formula is C10H14N2. The van der Waals surface area contributed by atoms with E-state index in [1.807, 2.05) is 24.4 Å². The smallest absolute Gasteiger partial charge is 0.135 e. The summed E-state index contributed by atoms with van der Waals surface area (Å²) >= 11 is 0. The van der Waals surface area contributed by atoms with Gasteiger partial charge in [-0.15, -0.1) is 0 Å². The van der Waals surface area contributed by atoms with Crippen LogP contribution in [-0.4, -0.2) is 17.5 Å². The van der Waals surface area contributed by atoms with Gasteiger partial charge in [-0.1, -0.05) is 19.4 Å². The molecule has 0 spiro atoms. The number of rotatable bonds is 3. The lowest BCUT2D eigenvalue weighted by molar-refractivity contribution is 0.354. The van der Waals surface area contributed by atoms with Crippen molar-refractivity contribution < 1.29 is 0 Å². The second-order valence-electron chi connectivity index (χ2n) is 2.89. The van der Waals surface area contributed by atoms with Crippen molar-refractivity contribution in [1.82, 2.24) is 4.90 Å². The number of hydrogen-bond acceptors (Lipinski definition) is 2. The highest BCUT2D eigenvalue weighted by atomic mass is 15.1. The van der Waals surface area contributed by atoms with Gasteiger partial charge in [0.2, 0.25) is 0 Å². The Morgan fingerprint density at radius 3 is 3.00 bits per heavy atom. The number of nitrogens with zero attached hydrogens (tertiary/aromatic N) is 2. The molecule has 12 heavy (non-hydrogen) atoms. The summed E-state index contributed by atoms with van der Waals surface area (Å²) in [5, 5.41) is 8.78. The quantitative estimate of drug-likeness (QED) is 0.635.